The van der Waals surface area contributed by atoms with Gasteiger partial charge in [0.1, 0.15) is 5.58 Å². The highest BCUT2D eigenvalue weighted by Gasteiger charge is 2.13. The number of unbranched alkanes of at least 4 members (excludes halogenated alkanes) is 1. The number of nitrogens with one attached hydrogen (secondary N) is 1. The van der Waals surface area contributed by atoms with Crippen LogP contribution in [0.25, 0.3) is 11.0 Å². The van der Waals surface area contributed by atoms with Crippen LogP contribution in [0.3, 0.4) is 0 Å². The van der Waals surface area contributed by atoms with Gasteiger partial charge in [0.05, 0.1) is 12.2 Å². The van der Waals surface area contributed by atoms with Crippen LogP contribution in [-0.2, 0) is 4.74 Å². The average molecular weight is 337 g/mol. The fourth-order valence-electron chi connectivity index (χ4n) is 2.37. The number of ether oxygens (including phenoxy) is 1. The molecular weight excluding hydrogens is 318 g/mol. The highest BCUT2D eigenvalue weighted by molar-refractivity contribution is 6.04. The summed E-state index contributed by atoms with van der Waals surface area (Å²) >= 11 is 0. The highest BCUT2D eigenvalue weighted by Crippen LogP contribution is 2.20. The molecule has 1 aromatic heterocycles. The van der Waals surface area contributed by atoms with Crippen LogP contribution in [0.5, 0.6) is 0 Å². The largest absolute Gasteiger partial charge is 0.462 e. The molecule has 0 saturated carbocycles. The third-order valence-electron chi connectivity index (χ3n) is 3.76. The number of esters is 1. The lowest BCUT2D eigenvalue weighted by Crippen LogP contribution is -2.11. The SMILES string of the molecule is CCCCOC(=O)c1ccc(NC(=O)c2cc3ccccc3o2)cc1. The van der Waals surface area contributed by atoms with Crippen LogP contribution in [0.1, 0.15) is 40.7 Å². The van der Waals surface area contributed by atoms with Gasteiger partial charge in [0, 0.05) is 11.1 Å². The molecule has 0 aliphatic heterocycles. The molecule has 0 fully saturated rings. The van der Waals surface area contributed by atoms with E-state index in [0.717, 1.165) is 18.2 Å². The Balaban J connectivity index is 1.64. The number of hydrogen-bond donors (Lipinski definition) is 1. The molecule has 1 N–H and O–H groups in total. The monoisotopic (exact) mass is 337 g/mol. The smallest absolute Gasteiger partial charge is 0.338 e. The Bertz CT molecular complexity index is 847. The van der Waals surface area contributed by atoms with Gasteiger partial charge in [-0.05, 0) is 42.8 Å². The number of para-hydroxylation sites is 1. The highest BCUT2D eigenvalue weighted by atomic mass is 16.5. The second-order valence-electron chi connectivity index (χ2n) is 5.67. The van der Waals surface area contributed by atoms with Gasteiger partial charge in [0.25, 0.3) is 5.91 Å². The quantitative estimate of drug-likeness (QED) is 0.525. The predicted octanol–water partition coefficient (Wildman–Crippen LogP) is 4.64. The Morgan fingerprint density at radius 1 is 1.08 bits per heavy atom. The van der Waals surface area contributed by atoms with Crippen molar-refractivity contribution in [1.29, 1.82) is 0 Å². The van der Waals surface area contributed by atoms with E-state index in [1.807, 2.05) is 31.2 Å². The van der Waals surface area contributed by atoms with Crippen LogP contribution in [0.2, 0.25) is 0 Å². The van der Waals surface area contributed by atoms with E-state index in [0.29, 0.717) is 23.4 Å². The van der Waals surface area contributed by atoms with Crippen molar-refractivity contribution in [3.8, 4) is 0 Å². The topological polar surface area (TPSA) is 68.5 Å². The minimum Gasteiger partial charge on any atom is -0.462 e. The Hall–Kier alpha value is -3.08. The third kappa shape index (κ3) is 4.07. The van der Waals surface area contributed by atoms with Crippen LogP contribution in [0.15, 0.2) is 59.0 Å². The molecule has 0 unspecified atom stereocenters. The zero-order valence-corrected chi connectivity index (χ0v) is 14.0. The molecule has 1 heterocycles. The molecule has 128 valence electrons. The van der Waals surface area contributed by atoms with E-state index in [4.69, 9.17) is 9.15 Å². The molecule has 2 aromatic carbocycles. The fourth-order valence-corrected chi connectivity index (χ4v) is 2.37. The predicted molar refractivity (Wildman–Crippen MR) is 95.8 cm³/mol. The summed E-state index contributed by atoms with van der Waals surface area (Å²) in [6.07, 6.45) is 1.82. The minimum atomic E-state index is -0.358. The molecule has 5 heteroatoms. The van der Waals surface area contributed by atoms with Crippen molar-refractivity contribution in [2.45, 2.75) is 19.8 Å². The van der Waals surface area contributed by atoms with Crippen molar-refractivity contribution in [3.63, 3.8) is 0 Å². The van der Waals surface area contributed by atoms with Gasteiger partial charge in [0.2, 0.25) is 0 Å². The second-order valence-corrected chi connectivity index (χ2v) is 5.67. The summed E-state index contributed by atoms with van der Waals surface area (Å²) in [4.78, 5) is 24.1. The summed E-state index contributed by atoms with van der Waals surface area (Å²) in [5.74, 6) is -0.456. The van der Waals surface area contributed by atoms with Gasteiger partial charge in [0.15, 0.2) is 5.76 Å². The standard InChI is InChI=1S/C20H19NO4/c1-2-3-12-24-20(23)14-8-10-16(11-9-14)21-19(22)18-13-15-6-4-5-7-17(15)25-18/h4-11,13H,2-3,12H2,1H3,(H,21,22). The number of anilines is 1. The van der Waals surface area contributed by atoms with Crippen molar-refractivity contribution in [2.24, 2.45) is 0 Å². The molecule has 0 spiro atoms. The Kier molecular flexibility index (Phi) is 5.14. The first-order valence-electron chi connectivity index (χ1n) is 8.24. The molecule has 3 rings (SSSR count). The maximum absolute atomic E-state index is 12.3. The van der Waals surface area contributed by atoms with Gasteiger partial charge in [-0.1, -0.05) is 31.5 Å². The zero-order valence-electron chi connectivity index (χ0n) is 14.0. The molecule has 1 amide bonds. The van der Waals surface area contributed by atoms with E-state index < -0.39 is 0 Å². The summed E-state index contributed by atoms with van der Waals surface area (Å²) in [5.41, 5.74) is 1.70. The van der Waals surface area contributed by atoms with Crippen LogP contribution in [-0.4, -0.2) is 18.5 Å². The zero-order chi connectivity index (χ0) is 17.6. The number of fused-ring (bicyclic) bond motifs is 1. The van der Waals surface area contributed by atoms with E-state index in [2.05, 4.69) is 5.32 Å². The number of hydrogen-bond acceptors (Lipinski definition) is 4. The number of furan rings is 1. The maximum Gasteiger partial charge on any atom is 0.338 e. The van der Waals surface area contributed by atoms with E-state index >= 15 is 0 Å². The Labute approximate surface area is 145 Å². The number of rotatable bonds is 6. The van der Waals surface area contributed by atoms with Gasteiger partial charge >= 0.3 is 5.97 Å². The molecule has 0 aliphatic carbocycles. The summed E-state index contributed by atoms with van der Waals surface area (Å²) in [5, 5.41) is 3.63. The van der Waals surface area contributed by atoms with Crippen LogP contribution < -0.4 is 5.32 Å². The van der Waals surface area contributed by atoms with Crippen molar-refractivity contribution >= 4 is 28.5 Å². The fraction of sp³-hybridized carbons (Fsp3) is 0.200. The van der Waals surface area contributed by atoms with Crippen LogP contribution in [0.4, 0.5) is 5.69 Å². The Morgan fingerprint density at radius 2 is 1.84 bits per heavy atom. The number of carbonyl (C=O) groups is 2. The molecule has 0 atom stereocenters. The molecule has 0 bridgehead atoms. The molecule has 5 nitrogen and oxygen atoms in total. The molecule has 25 heavy (non-hydrogen) atoms. The molecule has 0 saturated heterocycles. The first-order valence-corrected chi connectivity index (χ1v) is 8.24. The summed E-state index contributed by atoms with van der Waals surface area (Å²) in [6.45, 7) is 2.45. The lowest BCUT2D eigenvalue weighted by atomic mass is 10.2. The number of benzene rings is 2. The van der Waals surface area contributed by atoms with Crippen molar-refractivity contribution < 1.29 is 18.7 Å². The minimum absolute atomic E-state index is 0.240. The van der Waals surface area contributed by atoms with Crippen LogP contribution >= 0.6 is 0 Å². The van der Waals surface area contributed by atoms with Crippen molar-refractivity contribution in [2.75, 3.05) is 11.9 Å². The van der Waals surface area contributed by atoms with Gasteiger partial charge in [-0.15, -0.1) is 0 Å². The lowest BCUT2D eigenvalue weighted by molar-refractivity contribution is 0.0499. The average Bonchev–Trinajstić information content (AvgIpc) is 3.07. The normalized spacial score (nSPS) is 10.6. The lowest BCUT2D eigenvalue weighted by Gasteiger charge is -2.06. The number of carbonyl (C=O) groups excluding carboxylic acids is 2. The van der Waals surface area contributed by atoms with E-state index in [1.165, 1.54) is 0 Å². The first-order chi connectivity index (χ1) is 12.2. The first kappa shape index (κ1) is 16.8. The molecule has 0 aliphatic rings. The molecule has 0 radical (unpaired) electrons. The molecule has 3 aromatic rings. The van der Waals surface area contributed by atoms with Gasteiger partial charge in [-0.3, -0.25) is 4.79 Å². The van der Waals surface area contributed by atoms with E-state index in [1.54, 1.807) is 30.3 Å². The van der Waals surface area contributed by atoms with Gasteiger partial charge in [-0.2, -0.15) is 0 Å². The summed E-state index contributed by atoms with van der Waals surface area (Å²) < 4.78 is 10.7. The number of amides is 1. The second kappa shape index (κ2) is 7.66. The van der Waals surface area contributed by atoms with Gasteiger partial charge < -0.3 is 14.5 Å². The Morgan fingerprint density at radius 3 is 2.56 bits per heavy atom. The summed E-state index contributed by atoms with van der Waals surface area (Å²) in [6, 6.07) is 15.7. The molecular formula is C20H19NO4. The third-order valence-corrected chi connectivity index (χ3v) is 3.76. The van der Waals surface area contributed by atoms with E-state index in [9.17, 15) is 9.59 Å². The van der Waals surface area contributed by atoms with Crippen molar-refractivity contribution in [3.05, 3.63) is 65.9 Å². The van der Waals surface area contributed by atoms with Crippen LogP contribution in [0, 0.1) is 0 Å². The summed E-state index contributed by atoms with van der Waals surface area (Å²) in [7, 11) is 0. The van der Waals surface area contributed by atoms with E-state index in [-0.39, 0.29) is 17.6 Å². The van der Waals surface area contributed by atoms with Crippen molar-refractivity contribution in [1.82, 2.24) is 0 Å². The van der Waals surface area contributed by atoms with Gasteiger partial charge in [-0.25, -0.2) is 4.79 Å². The maximum atomic E-state index is 12.3.